The molecule has 0 amide bonds. The predicted octanol–water partition coefficient (Wildman–Crippen LogP) is 2.93. The van der Waals surface area contributed by atoms with E-state index in [4.69, 9.17) is 0 Å². The van der Waals surface area contributed by atoms with Crippen LogP contribution in [0.3, 0.4) is 0 Å². The number of aromatic hydroxyl groups is 1. The fraction of sp³-hybridized carbons (Fsp3) is 0.647. The third-order valence-corrected chi connectivity index (χ3v) is 5.12. The Bertz CT molecular complexity index is 488. The summed E-state index contributed by atoms with van der Waals surface area (Å²) in [4.78, 5) is 5.21. The first kappa shape index (κ1) is 13.9. The summed E-state index contributed by atoms with van der Waals surface area (Å²) in [5.74, 6) is 0.434. The van der Waals surface area contributed by atoms with Gasteiger partial charge in [-0.05, 0) is 46.2 Å². The minimum Gasteiger partial charge on any atom is -0.508 e. The van der Waals surface area contributed by atoms with Crippen molar-refractivity contribution in [1.29, 1.82) is 0 Å². The van der Waals surface area contributed by atoms with Gasteiger partial charge >= 0.3 is 0 Å². The van der Waals surface area contributed by atoms with E-state index in [1.807, 2.05) is 12.1 Å². The summed E-state index contributed by atoms with van der Waals surface area (Å²) in [5, 5.41) is 10.2. The Balaban J connectivity index is 1.82. The van der Waals surface area contributed by atoms with E-state index in [2.05, 4.69) is 36.6 Å². The van der Waals surface area contributed by atoms with Crippen molar-refractivity contribution in [3.8, 4) is 5.75 Å². The normalized spacial score (nSPS) is 29.4. The largest absolute Gasteiger partial charge is 0.508 e. The second-order valence-electron chi connectivity index (χ2n) is 6.58. The molecular weight excluding hydrogens is 248 g/mol. The van der Waals surface area contributed by atoms with Gasteiger partial charge in [-0.1, -0.05) is 17.7 Å². The highest BCUT2D eigenvalue weighted by atomic mass is 16.3. The van der Waals surface area contributed by atoms with Gasteiger partial charge < -0.3 is 5.11 Å². The first-order valence-electron chi connectivity index (χ1n) is 7.85. The summed E-state index contributed by atoms with van der Waals surface area (Å²) >= 11 is 0. The van der Waals surface area contributed by atoms with Crippen LogP contribution in [0.5, 0.6) is 5.75 Å². The number of hydrogen-bond donors (Lipinski definition) is 1. The van der Waals surface area contributed by atoms with Gasteiger partial charge in [0.05, 0.1) is 0 Å². The van der Waals surface area contributed by atoms with E-state index < -0.39 is 0 Å². The minimum atomic E-state index is 0.285. The zero-order chi connectivity index (χ0) is 14.3. The zero-order valence-electron chi connectivity index (χ0n) is 12.8. The van der Waals surface area contributed by atoms with Crippen LogP contribution in [0, 0.1) is 6.92 Å². The molecule has 0 aromatic heterocycles. The Morgan fingerprint density at radius 2 is 2.10 bits per heavy atom. The second kappa shape index (κ2) is 5.38. The summed E-state index contributed by atoms with van der Waals surface area (Å²) in [6, 6.07) is 7.50. The average molecular weight is 274 g/mol. The molecule has 0 spiro atoms. The van der Waals surface area contributed by atoms with Crippen LogP contribution in [-0.2, 0) is 0 Å². The summed E-state index contributed by atoms with van der Waals surface area (Å²) in [7, 11) is 0. The van der Waals surface area contributed by atoms with Gasteiger partial charge in [-0.15, -0.1) is 0 Å². The van der Waals surface area contributed by atoms with Crippen molar-refractivity contribution in [2.24, 2.45) is 0 Å². The molecule has 3 unspecified atom stereocenters. The average Bonchev–Trinajstić information content (AvgIpc) is 2.87. The van der Waals surface area contributed by atoms with Crippen LogP contribution in [0.2, 0.25) is 0 Å². The van der Waals surface area contributed by atoms with E-state index in [9.17, 15) is 5.11 Å². The molecule has 1 aromatic carbocycles. The third kappa shape index (κ3) is 2.45. The van der Waals surface area contributed by atoms with Crippen LogP contribution >= 0.6 is 0 Å². The Morgan fingerprint density at radius 3 is 2.90 bits per heavy atom. The summed E-state index contributed by atoms with van der Waals surface area (Å²) in [6.45, 7) is 10.2. The first-order valence-corrected chi connectivity index (χ1v) is 7.85. The fourth-order valence-electron chi connectivity index (χ4n) is 3.94. The lowest BCUT2D eigenvalue weighted by Gasteiger charge is -2.45. The van der Waals surface area contributed by atoms with Crippen LogP contribution in [0.25, 0.3) is 0 Å². The Labute approximate surface area is 122 Å². The number of benzene rings is 1. The number of phenols is 1. The SMILES string of the molecule is Cc1ccc(O)c(C(C)N2CC3CCCN3CC2C)c1. The molecule has 110 valence electrons. The van der Waals surface area contributed by atoms with Crippen molar-refractivity contribution < 1.29 is 5.11 Å². The van der Waals surface area contributed by atoms with Crippen LogP contribution in [0.4, 0.5) is 0 Å². The van der Waals surface area contributed by atoms with Crippen molar-refractivity contribution in [3.63, 3.8) is 0 Å². The Kier molecular flexibility index (Phi) is 3.74. The van der Waals surface area contributed by atoms with Crippen molar-refractivity contribution in [2.45, 2.75) is 51.7 Å². The molecule has 1 aromatic rings. The number of nitrogens with zero attached hydrogens (tertiary/aromatic N) is 2. The lowest BCUT2D eigenvalue weighted by atomic mass is 9.98. The van der Waals surface area contributed by atoms with Gasteiger partial charge in [0.2, 0.25) is 0 Å². The van der Waals surface area contributed by atoms with E-state index in [1.54, 1.807) is 0 Å². The number of hydrogen-bond acceptors (Lipinski definition) is 3. The quantitative estimate of drug-likeness (QED) is 0.898. The molecule has 1 N–H and O–H groups in total. The molecule has 2 fully saturated rings. The summed E-state index contributed by atoms with van der Waals surface area (Å²) in [5.41, 5.74) is 2.29. The number of piperazine rings is 1. The van der Waals surface area contributed by atoms with Crippen molar-refractivity contribution in [3.05, 3.63) is 29.3 Å². The lowest BCUT2D eigenvalue weighted by molar-refractivity contribution is 0.0319. The molecule has 0 radical (unpaired) electrons. The second-order valence-corrected chi connectivity index (χ2v) is 6.58. The molecule has 2 aliphatic heterocycles. The lowest BCUT2D eigenvalue weighted by Crippen LogP contribution is -2.55. The molecule has 0 bridgehead atoms. The minimum absolute atomic E-state index is 0.285. The first-order chi connectivity index (χ1) is 9.56. The van der Waals surface area contributed by atoms with E-state index >= 15 is 0 Å². The molecule has 3 nitrogen and oxygen atoms in total. The maximum absolute atomic E-state index is 10.2. The van der Waals surface area contributed by atoms with E-state index in [0.717, 1.165) is 18.2 Å². The number of phenolic OH excluding ortho intramolecular Hbond substituents is 1. The summed E-state index contributed by atoms with van der Waals surface area (Å²) in [6.07, 6.45) is 2.67. The van der Waals surface area contributed by atoms with Crippen molar-refractivity contribution in [2.75, 3.05) is 19.6 Å². The molecule has 2 aliphatic rings. The van der Waals surface area contributed by atoms with Gasteiger partial charge in [0.25, 0.3) is 0 Å². The highest BCUT2D eigenvalue weighted by molar-refractivity contribution is 5.38. The molecule has 2 heterocycles. The van der Waals surface area contributed by atoms with Gasteiger partial charge in [-0.2, -0.15) is 0 Å². The smallest absolute Gasteiger partial charge is 0.120 e. The molecule has 3 rings (SSSR count). The van der Waals surface area contributed by atoms with Crippen LogP contribution in [-0.4, -0.2) is 46.6 Å². The predicted molar refractivity (Wildman–Crippen MR) is 82.0 cm³/mol. The van der Waals surface area contributed by atoms with E-state index in [0.29, 0.717) is 11.8 Å². The standard InChI is InChI=1S/C17H26N2O/c1-12-6-7-17(20)16(9-12)14(3)19-11-15-5-4-8-18(15)10-13(19)2/h6-7,9,13-15,20H,4-5,8,10-11H2,1-3H3. The number of aryl methyl sites for hydroxylation is 1. The number of fused-ring (bicyclic) bond motifs is 1. The van der Waals surface area contributed by atoms with Gasteiger partial charge in [0, 0.05) is 36.8 Å². The molecule has 0 aliphatic carbocycles. The molecular formula is C17H26N2O. The van der Waals surface area contributed by atoms with Crippen LogP contribution in [0.1, 0.15) is 43.9 Å². The zero-order valence-corrected chi connectivity index (χ0v) is 12.8. The molecule has 2 saturated heterocycles. The maximum Gasteiger partial charge on any atom is 0.120 e. The third-order valence-electron chi connectivity index (χ3n) is 5.12. The van der Waals surface area contributed by atoms with E-state index in [-0.39, 0.29) is 6.04 Å². The van der Waals surface area contributed by atoms with Gasteiger partial charge in [0.1, 0.15) is 5.75 Å². The maximum atomic E-state index is 10.2. The topological polar surface area (TPSA) is 26.7 Å². The van der Waals surface area contributed by atoms with Crippen molar-refractivity contribution >= 4 is 0 Å². The van der Waals surface area contributed by atoms with Crippen LogP contribution in [0.15, 0.2) is 18.2 Å². The van der Waals surface area contributed by atoms with Crippen molar-refractivity contribution in [1.82, 2.24) is 9.80 Å². The highest BCUT2D eigenvalue weighted by Crippen LogP contribution is 2.34. The fourth-order valence-corrected chi connectivity index (χ4v) is 3.94. The number of rotatable bonds is 2. The van der Waals surface area contributed by atoms with Gasteiger partial charge in [-0.25, -0.2) is 0 Å². The van der Waals surface area contributed by atoms with Gasteiger partial charge in [0.15, 0.2) is 0 Å². The summed E-state index contributed by atoms with van der Waals surface area (Å²) < 4.78 is 0. The Morgan fingerprint density at radius 1 is 1.30 bits per heavy atom. The van der Waals surface area contributed by atoms with E-state index in [1.165, 1.54) is 31.5 Å². The molecule has 3 atom stereocenters. The molecule has 20 heavy (non-hydrogen) atoms. The molecule has 0 saturated carbocycles. The highest BCUT2D eigenvalue weighted by Gasteiger charge is 2.36. The van der Waals surface area contributed by atoms with Crippen LogP contribution < -0.4 is 0 Å². The Hall–Kier alpha value is -1.06. The van der Waals surface area contributed by atoms with Gasteiger partial charge in [-0.3, -0.25) is 9.80 Å². The molecule has 3 heteroatoms. The monoisotopic (exact) mass is 274 g/mol.